The van der Waals surface area contributed by atoms with E-state index in [0.717, 1.165) is 90.7 Å². The van der Waals surface area contributed by atoms with Crippen molar-refractivity contribution in [1.29, 1.82) is 0 Å². The van der Waals surface area contributed by atoms with Crippen molar-refractivity contribution in [3.05, 3.63) is 59.2 Å². The number of hydrogen-bond acceptors (Lipinski definition) is 23. The van der Waals surface area contributed by atoms with Crippen LogP contribution in [0.4, 0.5) is 10.5 Å². The standard InChI is InChI=1S/C20H35NO7.C17H31N3O.C13H23NO4.C12H27NO5.C11H17NO2/c1-24-9-6-21(7-10-25-2)8-11-26-12-13-27-14-15-28-20-18(16-22)4-3-5-19(20)17-23;1-3-7-15(8-4-1)18-17(20-11-13-21-14-12-20)19-16-9-5-2-6-10-16;1-5-13(3,4)18-12(16)14-8-6-11(7-9-14)17-10(2)15;1-16-8-2-3-13(4-9-17-11-6-14)5-10-18-12-7-15;1-10-2-4-11(5-3-10)12(6-8-13)7-9-14/h3-5,22-23H,6-17H2,1-2H3;15-16H,1-14H2,(H,18,19);11H,5-9H2,1-4H3;14-15H,2-12H2,1H3;2-5,13-14H,6-9H2,1H3. The van der Waals surface area contributed by atoms with Gasteiger partial charge in [0.2, 0.25) is 0 Å². The van der Waals surface area contributed by atoms with Gasteiger partial charge >= 0.3 is 12.1 Å². The van der Waals surface area contributed by atoms with Crippen LogP contribution in [0.3, 0.4) is 0 Å². The molecule has 0 radical (unpaired) electrons. The largest absolute Gasteiger partial charge is 0.490 e. The number of guanidine groups is 1. The molecule has 4 fully saturated rings. The van der Waals surface area contributed by atoms with Gasteiger partial charge in [0.05, 0.1) is 125 Å². The van der Waals surface area contributed by atoms with Gasteiger partial charge in [0.1, 0.15) is 24.1 Å². The predicted molar refractivity (Wildman–Crippen MR) is 386 cm³/mol. The summed E-state index contributed by atoms with van der Waals surface area (Å²) >= 11 is 0. The minimum atomic E-state index is -0.427. The molecule has 0 unspecified atom stereocenters. The van der Waals surface area contributed by atoms with Crippen molar-refractivity contribution in [1.82, 2.24) is 24.9 Å². The lowest BCUT2D eigenvalue weighted by molar-refractivity contribution is -0.148. The first-order valence-electron chi connectivity index (χ1n) is 36.4. The fourth-order valence-corrected chi connectivity index (χ4v) is 11.0. The average Bonchev–Trinajstić information content (AvgIpc) is 0.953. The molecule has 574 valence electrons. The Bertz CT molecular complexity index is 2210. The van der Waals surface area contributed by atoms with E-state index in [9.17, 15) is 19.8 Å². The summed E-state index contributed by atoms with van der Waals surface area (Å²) in [6.45, 7) is 26.7. The van der Waals surface area contributed by atoms with Crippen LogP contribution in [0.15, 0.2) is 47.5 Å². The Hall–Kier alpha value is -4.59. The maximum Gasteiger partial charge on any atom is 0.410 e. The summed E-state index contributed by atoms with van der Waals surface area (Å²) in [6.07, 6.45) is 16.2. The fourth-order valence-electron chi connectivity index (χ4n) is 11.0. The molecule has 4 aliphatic rings. The highest BCUT2D eigenvalue weighted by Gasteiger charge is 2.29. The highest BCUT2D eigenvalue weighted by atomic mass is 16.6. The molecule has 6 rings (SSSR count). The molecule has 0 aromatic heterocycles. The third kappa shape index (κ3) is 44.5. The highest BCUT2D eigenvalue weighted by Crippen LogP contribution is 2.26. The van der Waals surface area contributed by atoms with Gasteiger partial charge in [-0.15, -0.1) is 0 Å². The van der Waals surface area contributed by atoms with E-state index in [4.69, 9.17) is 77.5 Å². The summed E-state index contributed by atoms with van der Waals surface area (Å²) in [6, 6.07) is 14.6. The number of esters is 1. The van der Waals surface area contributed by atoms with Crippen LogP contribution >= 0.6 is 0 Å². The monoisotopic (exact) mass is 1410 g/mol. The first kappa shape index (κ1) is 90.5. The van der Waals surface area contributed by atoms with Gasteiger partial charge < -0.3 is 103 Å². The van der Waals surface area contributed by atoms with E-state index in [0.29, 0.717) is 141 Å². The maximum atomic E-state index is 11.9. The topological polar surface area (TPSA) is 298 Å². The quantitative estimate of drug-likeness (QED) is 0.0172. The SMILES string of the molecule is C1CCC(N=C(NC2CCCCC2)N2CCOCC2)CC1.CCC(C)(C)OC(=O)N1CCC(OC(C)=O)CC1.COCCCN(CCOCCO)CCOCCO.COCCN(CCOC)CCOCCOCCOc1c(CO)cccc1CO.Cc1ccc(N(CCO)CCO)cc1. The summed E-state index contributed by atoms with van der Waals surface area (Å²) in [7, 11) is 5.08. The highest BCUT2D eigenvalue weighted by molar-refractivity contribution is 5.80. The molecule has 2 aliphatic heterocycles. The summed E-state index contributed by atoms with van der Waals surface area (Å²) in [5.41, 5.74) is 3.13. The zero-order valence-corrected chi connectivity index (χ0v) is 62.0. The molecule has 2 saturated carbocycles. The molecule has 2 saturated heterocycles. The van der Waals surface area contributed by atoms with Crippen molar-refractivity contribution in [3.63, 3.8) is 0 Å². The number of carbonyl (C=O) groups excluding carboxylic acids is 2. The molecule has 2 aliphatic carbocycles. The second-order valence-corrected chi connectivity index (χ2v) is 25.4. The average molecular weight is 1410 g/mol. The Kier molecular flexibility index (Phi) is 54.7. The second kappa shape index (κ2) is 59.9. The number of benzene rings is 2. The van der Waals surface area contributed by atoms with Crippen LogP contribution in [0.2, 0.25) is 0 Å². The lowest BCUT2D eigenvalue weighted by atomic mass is 9.95. The van der Waals surface area contributed by atoms with E-state index < -0.39 is 5.60 Å². The smallest absolute Gasteiger partial charge is 0.410 e. The molecular weight excluding hydrogens is 1280 g/mol. The number of likely N-dealkylation sites (tertiary alicyclic amines) is 1. The molecule has 99 heavy (non-hydrogen) atoms. The zero-order chi connectivity index (χ0) is 72.4. The number of methoxy groups -OCH3 is 3. The minimum absolute atomic E-state index is 0.0588. The predicted octanol–water partition coefficient (Wildman–Crippen LogP) is 6.08. The third-order valence-corrected chi connectivity index (χ3v) is 17.1. The normalized spacial score (nSPS) is 15.6. The van der Waals surface area contributed by atoms with E-state index in [2.05, 4.69) is 20.0 Å². The fraction of sp³-hybridized carbons (Fsp3) is 0.795. The number of aliphatic imine (C=N–C) groups is 1. The van der Waals surface area contributed by atoms with Gasteiger partial charge in [-0.25, -0.2) is 9.79 Å². The summed E-state index contributed by atoms with van der Waals surface area (Å²) < 4.78 is 58.6. The molecule has 1 amide bonds. The van der Waals surface area contributed by atoms with Crippen LogP contribution in [0.1, 0.15) is 134 Å². The van der Waals surface area contributed by atoms with E-state index in [1.807, 2.05) is 56.9 Å². The lowest BCUT2D eigenvalue weighted by Gasteiger charge is -2.34. The van der Waals surface area contributed by atoms with Gasteiger partial charge in [-0.05, 0) is 71.4 Å². The van der Waals surface area contributed by atoms with Gasteiger partial charge in [-0.1, -0.05) is 81.3 Å². The van der Waals surface area contributed by atoms with Crippen molar-refractivity contribution in [2.24, 2.45) is 4.99 Å². The second-order valence-electron chi connectivity index (χ2n) is 25.4. The molecule has 26 nitrogen and oxygen atoms in total. The summed E-state index contributed by atoms with van der Waals surface area (Å²) in [5.74, 6) is 1.44. The van der Waals surface area contributed by atoms with Gasteiger partial charge in [0.25, 0.3) is 0 Å². The molecule has 26 heteroatoms. The third-order valence-electron chi connectivity index (χ3n) is 17.1. The first-order chi connectivity index (χ1) is 48.1. The van der Waals surface area contributed by atoms with Crippen LogP contribution in [0.5, 0.6) is 5.75 Å². The number of rotatable bonds is 42. The van der Waals surface area contributed by atoms with Gasteiger partial charge in [0.15, 0.2) is 5.96 Å². The molecule has 2 aromatic carbocycles. The number of hydrogen-bond donors (Lipinski definition) is 7. The van der Waals surface area contributed by atoms with E-state index in [1.54, 1.807) is 44.4 Å². The van der Waals surface area contributed by atoms with Crippen molar-refractivity contribution in [2.75, 3.05) is 224 Å². The number of nitrogens with zero attached hydrogens (tertiary/aromatic N) is 6. The van der Waals surface area contributed by atoms with Crippen molar-refractivity contribution >= 4 is 23.7 Å². The number of morpholine rings is 1. The minimum Gasteiger partial charge on any atom is -0.490 e. The number of aryl methyl sites for hydroxylation is 1. The van der Waals surface area contributed by atoms with Crippen molar-refractivity contribution in [2.45, 2.75) is 162 Å². The number of piperidine rings is 1. The van der Waals surface area contributed by atoms with Crippen LogP contribution < -0.4 is 15.0 Å². The Labute approximate surface area is 593 Å². The Morgan fingerprint density at radius 1 is 0.576 bits per heavy atom. The molecule has 2 heterocycles. The Balaban J connectivity index is 0.000000429. The molecule has 7 N–H and O–H groups in total. The summed E-state index contributed by atoms with van der Waals surface area (Å²) in [5, 5.41) is 57.5. The van der Waals surface area contributed by atoms with Gasteiger partial charge in [-0.3, -0.25) is 14.6 Å². The zero-order valence-electron chi connectivity index (χ0n) is 62.0. The number of aliphatic hydroxyl groups is 6. The number of amides is 1. The first-order valence-corrected chi connectivity index (χ1v) is 36.4. The summed E-state index contributed by atoms with van der Waals surface area (Å²) in [4.78, 5) is 38.4. The lowest BCUT2D eigenvalue weighted by Crippen LogP contribution is -2.51. The van der Waals surface area contributed by atoms with Crippen molar-refractivity contribution < 1.29 is 92.3 Å². The van der Waals surface area contributed by atoms with Crippen LogP contribution in [-0.2, 0) is 65.4 Å². The maximum absolute atomic E-state index is 11.9. The number of ether oxygens (including phenoxy) is 11. The number of para-hydroxylation sites is 1. The van der Waals surface area contributed by atoms with Crippen molar-refractivity contribution in [3.8, 4) is 5.75 Å². The number of anilines is 1. The number of carbonyl (C=O) groups is 2. The van der Waals surface area contributed by atoms with E-state index in [-0.39, 0.29) is 57.8 Å². The van der Waals surface area contributed by atoms with Gasteiger partial charge in [0, 0.05) is 149 Å². The molecular formula is C73H133N7O19. The van der Waals surface area contributed by atoms with Crippen LogP contribution in [-0.4, -0.2) is 311 Å². The van der Waals surface area contributed by atoms with Gasteiger partial charge in [-0.2, -0.15) is 0 Å². The number of nitrogens with one attached hydrogen (secondary N) is 1. The Morgan fingerprint density at radius 2 is 1.07 bits per heavy atom. The Morgan fingerprint density at radius 3 is 1.57 bits per heavy atom. The molecule has 0 atom stereocenters. The van der Waals surface area contributed by atoms with E-state index >= 15 is 0 Å². The van der Waals surface area contributed by atoms with E-state index in [1.165, 1.54) is 82.7 Å². The van der Waals surface area contributed by atoms with Crippen LogP contribution in [0.25, 0.3) is 0 Å². The molecule has 0 spiro atoms. The van der Waals surface area contributed by atoms with Crippen LogP contribution in [0, 0.1) is 6.92 Å². The molecule has 2 aromatic rings. The molecule has 0 bridgehead atoms. The number of aliphatic hydroxyl groups excluding tert-OH is 6.